The number of esters is 1. The highest BCUT2D eigenvalue weighted by molar-refractivity contribution is 5.91. The van der Waals surface area contributed by atoms with Crippen molar-refractivity contribution >= 4 is 11.7 Å². The van der Waals surface area contributed by atoms with Crippen LogP contribution in [-0.4, -0.2) is 18.1 Å². The van der Waals surface area contributed by atoms with Gasteiger partial charge in [0.05, 0.1) is 5.56 Å². The van der Waals surface area contributed by atoms with Crippen molar-refractivity contribution in [2.75, 3.05) is 11.9 Å². The molecule has 0 bridgehead atoms. The maximum atomic E-state index is 11.8. The number of rotatable bonds is 1. The molecular formula is C13H17NO2. The van der Waals surface area contributed by atoms with E-state index >= 15 is 0 Å². The number of anilines is 1. The molecule has 0 unspecified atom stereocenters. The Kier molecular flexibility index (Phi) is 2.62. The van der Waals surface area contributed by atoms with E-state index in [9.17, 15) is 4.79 Å². The van der Waals surface area contributed by atoms with E-state index in [0.29, 0.717) is 5.56 Å². The molecule has 0 fully saturated rings. The van der Waals surface area contributed by atoms with Crippen molar-refractivity contribution in [3.05, 3.63) is 29.3 Å². The lowest BCUT2D eigenvalue weighted by Gasteiger charge is -2.19. The molecule has 2 rings (SSSR count). The summed E-state index contributed by atoms with van der Waals surface area (Å²) in [7, 11) is 0. The standard InChI is InChI=1S/C13H17NO2/c1-13(2,3)16-12(15)10-5-4-9-6-7-14-11(9)8-10/h4-5,8,14H,6-7H2,1-3H3. The Morgan fingerprint density at radius 1 is 1.38 bits per heavy atom. The minimum Gasteiger partial charge on any atom is -0.456 e. The molecule has 1 aromatic carbocycles. The quantitative estimate of drug-likeness (QED) is 0.738. The summed E-state index contributed by atoms with van der Waals surface area (Å²) in [6, 6.07) is 5.70. The number of hydrogen-bond donors (Lipinski definition) is 1. The lowest BCUT2D eigenvalue weighted by molar-refractivity contribution is 0.00696. The smallest absolute Gasteiger partial charge is 0.338 e. The van der Waals surface area contributed by atoms with Crippen LogP contribution in [0.2, 0.25) is 0 Å². The Morgan fingerprint density at radius 2 is 2.12 bits per heavy atom. The Labute approximate surface area is 95.8 Å². The number of benzene rings is 1. The van der Waals surface area contributed by atoms with Gasteiger partial charge in [-0.15, -0.1) is 0 Å². The molecule has 0 radical (unpaired) electrons. The molecule has 0 saturated carbocycles. The van der Waals surface area contributed by atoms with Crippen LogP contribution in [0.4, 0.5) is 5.69 Å². The fraction of sp³-hybridized carbons (Fsp3) is 0.462. The number of fused-ring (bicyclic) bond motifs is 1. The van der Waals surface area contributed by atoms with E-state index in [4.69, 9.17) is 4.74 Å². The van der Waals surface area contributed by atoms with E-state index in [2.05, 4.69) is 5.32 Å². The second-order valence-electron chi connectivity index (χ2n) is 5.05. The third-order valence-corrected chi connectivity index (χ3v) is 2.45. The van der Waals surface area contributed by atoms with Gasteiger partial charge in [-0.3, -0.25) is 0 Å². The summed E-state index contributed by atoms with van der Waals surface area (Å²) in [5.41, 5.74) is 2.50. The Hall–Kier alpha value is -1.51. The molecule has 86 valence electrons. The molecule has 3 nitrogen and oxygen atoms in total. The van der Waals surface area contributed by atoms with Gasteiger partial charge in [0.1, 0.15) is 5.60 Å². The van der Waals surface area contributed by atoms with E-state index in [1.165, 1.54) is 5.56 Å². The number of carbonyl (C=O) groups excluding carboxylic acids is 1. The first kappa shape index (κ1) is 11.0. The molecule has 3 heteroatoms. The van der Waals surface area contributed by atoms with Gasteiger partial charge in [-0.25, -0.2) is 4.79 Å². The molecule has 1 heterocycles. The van der Waals surface area contributed by atoms with E-state index in [1.54, 1.807) is 0 Å². The summed E-state index contributed by atoms with van der Waals surface area (Å²) in [6.07, 6.45) is 1.03. The van der Waals surface area contributed by atoms with Gasteiger partial charge in [-0.05, 0) is 44.9 Å². The summed E-state index contributed by atoms with van der Waals surface area (Å²) in [5.74, 6) is -0.260. The van der Waals surface area contributed by atoms with E-state index < -0.39 is 5.60 Å². The van der Waals surface area contributed by atoms with Crippen molar-refractivity contribution < 1.29 is 9.53 Å². The summed E-state index contributed by atoms with van der Waals surface area (Å²) >= 11 is 0. The van der Waals surface area contributed by atoms with Gasteiger partial charge in [-0.2, -0.15) is 0 Å². The van der Waals surface area contributed by atoms with Gasteiger partial charge >= 0.3 is 5.97 Å². The molecule has 0 aromatic heterocycles. The van der Waals surface area contributed by atoms with Crippen molar-refractivity contribution in [2.24, 2.45) is 0 Å². The van der Waals surface area contributed by atoms with Gasteiger partial charge in [0.2, 0.25) is 0 Å². The summed E-state index contributed by atoms with van der Waals surface area (Å²) in [5, 5.41) is 3.25. The zero-order valence-corrected chi connectivity index (χ0v) is 9.96. The van der Waals surface area contributed by atoms with Crippen LogP contribution in [0.3, 0.4) is 0 Å². The Balaban J connectivity index is 2.19. The van der Waals surface area contributed by atoms with Gasteiger partial charge in [0.25, 0.3) is 0 Å². The molecule has 1 aliphatic heterocycles. The second-order valence-corrected chi connectivity index (χ2v) is 5.05. The topological polar surface area (TPSA) is 38.3 Å². The number of nitrogens with one attached hydrogen (secondary N) is 1. The lowest BCUT2D eigenvalue weighted by Crippen LogP contribution is -2.23. The molecule has 16 heavy (non-hydrogen) atoms. The molecule has 0 atom stereocenters. The zero-order chi connectivity index (χ0) is 11.8. The molecule has 1 aliphatic rings. The first-order valence-corrected chi connectivity index (χ1v) is 5.56. The minimum absolute atomic E-state index is 0.260. The third-order valence-electron chi connectivity index (χ3n) is 2.45. The predicted molar refractivity (Wildman–Crippen MR) is 63.8 cm³/mol. The first-order chi connectivity index (χ1) is 7.46. The SMILES string of the molecule is CC(C)(C)OC(=O)c1ccc2c(c1)NCC2. The van der Waals surface area contributed by atoms with E-state index in [-0.39, 0.29) is 5.97 Å². The largest absolute Gasteiger partial charge is 0.456 e. The molecule has 1 N–H and O–H groups in total. The van der Waals surface area contributed by atoms with E-state index in [0.717, 1.165) is 18.7 Å². The van der Waals surface area contributed by atoms with Crippen LogP contribution in [0.15, 0.2) is 18.2 Å². The van der Waals surface area contributed by atoms with Crippen LogP contribution in [0.5, 0.6) is 0 Å². The fourth-order valence-electron chi connectivity index (χ4n) is 1.75. The minimum atomic E-state index is -0.441. The lowest BCUT2D eigenvalue weighted by atomic mass is 10.1. The molecule has 0 spiro atoms. The average molecular weight is 219 g/mol. The molecule has 0 amide bonds. The van der Waals surface area contributed by atoms with Crippen LogP contribution < -0.4 is 5.32 Å². The number of carbonyl (C=O) groups is 1. The zero-order valence-electron chi connectivity index (χ0n) is 9.96. The number of hydrogen-bond acceptors (Lipinski definition) is 3. The fourth-order valence-corrected chi connectivity index (χ4v) is 1.75. The second kappa shape index (κ2) is 3.81. The molecule has 1 aromatic rings. The third kappa shape index (κ3) is 2.35. The van der Waals surface area contributed by atoms with Crippen molar-refractivity contribution in [2.45, 2.75) is 32.8 Å². The van der Waals surface area contributed by atoms with Gasteiger partial charge in [0.15, 0.2) is 0 Å². The van der Waals surface area contributed by atoms with Gasteiger partial charge in [-0.1, -0.05) is 6.07 Å². The van der Waals surface area contributed by atoms with Crippen LogP contribution in [0.1, 0.15) is 36.7 Å². The van der Waals surface area contributed by atoms with Crippen molar-refractivity contribution in [1.29, 1.82) is 0 Å². The molecule has 0 saturated heterocycles. The monoisotopic (exact) mass is 219 g/mol. The molecular weight excluding hydrogens is 202 g/mol. The summed E-state index contributed by atoms with van der Waals surface area (Å²) < 4.78 is 5.32. The first-order valence-electron chi connectivity index (χ1n) is 5.56. The van der Waals surface area contributed by atoms with Crippen LogP contribution >= 0.6 is 0 Å². The normalized spacial score (nSPS) is 14.2. The van der Waals surface area contributed by atoms with Crippen molar-refractivity contribution in [1.82, 2.24) is 0 Å². The van der Waals surface area contributed by atoms with Crippen molar-refractivity contribution in [3.63, 3.8) is 0 Å². The summed E-state index contributed by atoms with van der Waals surface area (Å²) in [6.45, 7) is 6.57. The van der Waals surface area contributed by atoms with E-state index in [1.807, 2.05) is 39.0 Å². The maximum absolute atomic E-state index is 11.8. The highest BCUT2D eigenvalue weighted by atomic mass is 16.6. The van der Waals surface area contributed by atoms with Crippen LogP contribution in [-0.2, 0) is 11.2 Å². The van der Waals surface area contributed by atoms with Crippen LogP contribution in [0, 0.1) is 0 Å². The van der Waals surface area contributed by atoms with Gasteiger partial charge in [0, 0.05) is 12.2 Å². The number of ether oxygens (including phenoxy) is 1. The average Bonchev–Trinajstić information content (AvgIpc) is 2.61. The predicted octanol–water partition coefficient (Wildman–Crippen LogP) is 2.61. The van der Waals surface area contributed by atoms with Crippen LogP contribution in [0.25, 0.3) is 0 Å². The molecule has 0 aliphatic carbocycles. The maximum Gasteiger partial charge on any atom is 0.338 e. The Bertz CT molecular complexity index is 418. The van der Waals surface area contributed by atoms with Gasteiger partial charge < -0.3 is 10.1 Å². The summed E-state index contributed by atoms with van der Waals surface area (Å²) in [4.78, 5) is 11.8. The Morgan fingerprint density at radius 3 is 2.81 bits per heavy atom. The van der Waals surface area contributed by atoms with Crippen molar-refractivity contribution in [3.8, 4) is 0 Å². The highest BCUT2D eigenvalue weighted by Gasteiger charge is 2.19. The highest BCUT2D eigenvalue weighted by Crippen LogP contribution is 2.24.